The minimum absolute atomic E-state index is 0.277. The molecule has 0 aliphatic rings. The molecular weight excluding hydrogens is 298 g/mol. The van der Waals surface area contributed by atoms with Crippen molar-refractivity contribution in [2.45, 2.75) is 32.2 Å². The number of ether oxygens (including phenoxy) is 1. The lowest BCUT2D eigenvalue weighted by Gasteiger charge is -2.13. The smallest absolute Gasteiger partial charge is 0.241 e. The fourth-order valence-corrected chi connectivity index (χ4v) is 3.65. The summed E-state index contributed by atoms with van der Waals surface area (Å²) >= 11 is 0. The van der Waals surface area contributed by atoms with Gasteiger partial charge in [-0.15, -0.1) is 0 Å². The summed E-state index contributed by atoms with van der Waals surface area (Å²) in [6.07, 6.45) is 0. The van der Waals surface area contributed by atoms with E-state index in [0.717, 1.165) is 16.7 Å². The zero-order chi connectivity index (χ0) is 16.3. The van der Waals surface area contributed by atoms with Crippen LogP contribution >= 0.6 is 0 Å². The number of hydrogen-bond acceptors (Lipinski definition) is 3. The quantitative estimate of drug-likeness (QED) is 0.921. The summed E-state index contributed by atoms with van der Waals surface area (Å²) in [6, 6.07) is 11.1. The van der Waals surface area contributed by atoms with Gasteiger partial charge in [-0.2, -0.15) is 0 Å². The highest BCUT2D eigenvalue weighted by molar-refractivity contribution is 7.89. The van der Waals surface area contributed by atoms with Crippen LogP contribution in [0, 0.1) is 20.8 Å². The van der Waals surface area contributed by atoms with Crippen molar-refractivity contribution in [1.29, 1.82) is 0 Å². The molecule has 1 N–H and O–H groups in total. The molecule has 22 heavy (non-hydrogen) atoms. The Morgan fingerprint density at radius 3 is 2.32 bits per heavy atom. The predicted octanol–water partition coefficient (Wildman–Crippen LogP) is 3.10. The van der Waals surface area contributed by atoms with E-state index >= 15 is 0 Å². The van der Waals surface area contributed by atoms with E-state index in [9.17, 15) is 8.42 Å². The van der Waals surface area contributed by atoms with Gasteiger partial charge in [0, 0.05) is 6.54 Å². The number of nitrogens with one attached hydrogen (secondary N) is 1. The lowest BCUT2D eigenvalue weighted by molar-refractivity contribution is 0.411. The van der Waals surface area contributed by atoms with Crippen molar-refractivity contribution in [2.24, 2.45) is 0 Å². The maximum absolute atomic E-state index is 12.5. The summed E-state index contributed by atoms with van der Waals surface area (Å²) in [4.78, 5) is 0.291. The van der Waals surface area contributed by atoms with Crippen molar-refractivity contribution in [3.63, 3.8) is 0 Å². The molecule has 118 valence electrons. The molecule has 0 aliphatic heterocycles. The maximum atomic E-state index is 12.5. The summed E-state index contributed by atoms with van der Waals surface area (Å²) in [5.74, 6) is 0.690. The third kappa shape index (κ3) is 3.48. The third-order valence-corrected chi connectivity index (χ3v) is 5.24. The molecule has 0 amide bonds. The van der Waals surface area contributed by atoms with Crippen LogP contribution in [0.4, 0.5) is 0 Å². The van der Waals surface area contributed by atoms with Gasteiger partial charge in [-0.05, 0) is 55.2 Å². The minimum Gasteiger partial charge on any atom is -0.496 e. The number of methoxy groups -OCH3 is 1. The number of aryl methyl sites for hydroxylation is 3. The van der Waals surface area contributed by atoms with Gasteiger partial charge in [-0.25, -0.2) is 13.1 Å². The van der Waals surface area contributed by atoms with E-state index in [0.29, 0.717) is 16.2 Å². The van der Waals surface area contributed by atoms with E-state index < -0.39 is 10.0 Å². The third-order valence-electron chi connectivity index (χ3n) is 3.70. The van der Waals surface area contributed by atoms with Crippen LogP contribution in [0.5, 0.6) is 5.75 Å². The molecule has 5 heteroatoms. The van der Waals surface area contributed by atoms with Crippen molar-refractivity contribution in [3.8, 4) is 5.75 Å². The molecule has 4 nitrogen and oxygen atoms in total. The van der Waals surface area contributed by atoms with Crippen LogP contribution in [0.15, 0.2) is 41.3 Å². The van der Waals surface area contributed by atoms with E-state index in [1.165, 1.54) is 0 Å². The first-order chi connectivity index (χ1) is 10.3. The van der Waals surface area contributed by atoms with Crippen molar-refractivity contribution in [1.82, 2.24) is 4.72 Å². The normalized spacial score (nSPS) is 11.5. The molecule has 0 atom stereocenters. The summed E-state index contributed by atoms with van der Waals surface area (Å²) in [5.41, 5.74) is 3.49. The fourth-order valence-electron chi connectivity index (χ4n) is 2.33. The molecule has 0 unspecified atom stereocenters. The van der Waals surface area contributed by atoms with Gasteiger partial charge < -0.3 is 4.74 Å². The molecule has 2 aromatic rings. The lowest BCUT2D eigenvalue weighted by Crippen LogP contribution is -2.24. The molecule has 0 aromatic heterocycles. The van der Waals surface area contributed by atoms with E-state index in [4.69, 9.17) is 4.74 Å². The Labute approximate surface area is 132 Å². The molecule has 0 spiro atoms. The van der Waals surface area contributed by atoms with Crippen molar-refractivity contribution >= 4 is 10.0 Å². The van der Waals surface area contributed by atoms with E-state index in [2.05, 4.69) is 4.72 Å². The van der Waals surface area contributed by atoms with Crippen LogP contribution in [0.1, 0.15) is 22.3 Å². The number of rotatable bonds is 5. The van der Waals surface area contributed by atoms with Crippen molar-refractivity contribution in [3.05, 3.63) is 58.7 Å². The Balaban J connectivity index is 2.28. The average molecular weight is 319 g/mol. The molecule has 0 bridgehead atoms. The second-order valence-corrected chi connectivity index (χ2v) is 7.07. The molecule has 0 fully saturated rings. The van der Waals surface area contributed by atoms with Gasteiger partial charge in [0.2, 0.25) is 10.0 Å². The maximum Gasteiger partial charge on any atom is 0.241 e. The first kappa shape index (κ1) is 16.5. The molecule has 0 saturated carbocycles. The minimum atomic E-state index is -3.56. The fraction of sp³-hybridized carbons (Fsp3) is 0.294. The molecule has 0 radical (unpaired) electrons. The molecule has 0 heterocycles. The molecule has 0 aliphatic carbocycles. The van der Waals surface area contributed by atoms with Crippen molar-refractivity contribution < 1.29 is 13.2 Å². The Kier molecular flexibility index (Phi) is 4.88. The van der Waals surface area contributed by atoms with Crippen molar-refractivity contribution in [2.75, 3.05) is 7.11 Å². The molecule has 0 saturated heterocycles. The Hall–Kier alpha value is -1.85. The first-order valence-electron chi connectivity index (χ1n) is 7.04. The topological polar surface area (TPSA) is 55.4 Å². The monoisotopic (exact) mass is 319 g/mol. The number of sulfonamides is 1. The average Bonchev–Trinajstić information content (AvgIpc) is 2.48. The van der Waals surface area contributed by atoms with Crippen LogP contribution in [0.3, 0.4) is 0 Å². The Morgan fingerprint density at radius 1 is 1.00 bits per heavy atom. The summed E-state index contributed by atoms with van der Waals surface area (Å²) in [7, 11) is -1.98. The van der Waals surface area contributed by atoms with Gasteiger partial charge in [0.1, 0.15) is 5.75 Å². The van der Waals surface area contributed by atoms with Gasteiger partial charge in [0.25, 0.3) is 0 Å². The molecule has 2 aromatic carbocycles. The van der Waals surface area contributed by atoms with Gasteiger partial charge >= 0.3 is 0 Å². The van der Waals surface area contributed by atoms with Crippen LogP contribution < -0.4 is 9.46 Å². The predicted molar refractivity (Wildman–Crippen MR) is 87.7 cm³/mol. The zero-order valence-corrected chi connectivity index (χ0v) is 14.1. The summed E-state index contributed by atoms with van der Waals surface area (Å²) in [6.45, 7) is 5.84. The highest BCUT2D eigenvalue weighted by Gasteiger charge is 2.18. The van der Waals surface area contributed by atoms with Crippen LogP contribution in [-0.4, -0.2) is 15.5 Å². The van der Waals surface area contributed by atoms with Gasteiger partial charge in [0.05, 0.1) is 12.0 Å². The highest BCUT2D eigenvalue weighted by atomic mass is 32.2. The highest BCUT2D eigenvalue weighted by Crippen LogP contribution is 2.25. The van der Waals surface area contributed by atoms with Gasteiger partial charge in [-0.3, -0.25) is 0 Å². The first-order valence-corrected chi connectivity index (χ1v) is 8.53. The Bertz CT molecular complexity index is 782. The summed E-state index contributed by atoms with van der Waals surface area (Å²) < 4.78 is 33.0. The van der Waals surface area contributed by atoms with Crippen LogP contribution in [0.25, 0.3) is 0 Å². The van der Waals surface area contributed by atoms with Crippen LogP contribution in [0.2, 0.25) is 0 Å². The SMILES string of the molecule is COc1cc(C)c(S(=O)(=O)NCc2ccccc2C)cc1C. The number of hydrogen-bond donors (Lipinski definition) is 1. The lowest BCUT2D eigenvalue weighted by atomic mass is 10.1. The molecule has 2 rings (SSSR count). The second-order valence-electron chi connectivity index (χ2n) is 5.34. The number of benzene rings is 2. The zero-order valence-electron chi connectivity index (χ0n) is 13.3. The standard InChI is InChI=1S/C17H21NO3S/c1-12-7-5-6-8-15(12)11-18-22(19,20)17-10-13(2)16(21-4)9-14(17)3/h5-10,18H,11H2,1-4H3. The largest absolute Gasteiger partial charge is 0.496 e. The van der Waals surface area contributed by atoms with E-state index in [-0.39, 0.29) is 6.54 Å². The van der Waals surface area contributed by atoms with E-state index in [1.807, 2.05) is 38.1 Å². The van der Waals surface area contributed by atoms with Gasteiger partial charge in [-0.1, -0.05) is 24.3 Å². The second kappa shape index (κ2) is 6.50. The molecular formula is C17H21NO3S. The van der Waals surface area contributed by atoms with E-state index in [1.54, 1.807) is 26.2 Å². The summed E-state index contributed by atoms with van der Waals surface area (Å²) in [5, 5.41) is 0. The Morgan fingerprint density at radius 2 is 1.68 bits per heavy atom. The van der Waals surface area contributed by atoms with Gasteiger partial charge in [0.15, 0.2) is 0 Å². The van der Waals surface area contributed by atoms with Crippen LogP contribution in [-0.2, 0) is 16.6 Å².